The summed E-state index contributed by atoms with van der Waals surface area (Å²) in [6.07, 6.45) is 2.51. The third-order valence-corrected chi connectivity index (χ3v) is 4.92. The molecule has 0 saturated carbocycles. The first-order valence-corrected chi connectivity index (χ1v) is 8.94. The maximum atomic E-state index is 12.0. The molecule has 1 saturated heterocycles. The monoisotopic (exact) mass is 349 g/mol. The molecule has 0 radical (unpaired) electrons. The Morgan fingerprint density at radius 1 is 1.30 bits per heavy atom. The van der Waals surface area contributed by atoms with Crippen molar-refractivity contribution >= 4 is 34.6 Å². The van der Waals surface area contributed by atoms with Gasteiger partial charge in [0.2, 0.25) is 0 Å². The molecule has 5 nitrogen and oxygen atoms in total. The Hall–Kier alpha value is -1.70. The van der Waals surface area contributed by atoms with Crippen molar-refractivity contribution in [1.82, 2.24) is 15.1 Å². The Labute approximate surface area is 144 Å². The Bertz CT molecular complexity index is 640. The molecule has 3 rings (SSSR count). The molecule has 0 spiro atoms. The van der Waals surface area contributed by atoms with Gasteiger partial charge in [-0.2, -0.15) is 11.3 Å². The van der Waals surface area contributed by atoms with E-state index in [0.29, 0.717) is 5.11 Å². The topological polar surface area (TPSA) is 48.7 Å². The van der Waals surface area contributed by atoms with Gasteiger partial charge < -0.3 is 9.32 Å². The fourth-order valence-electron chi connectivity index (χ4n) is 2.62. The fourth-order valence-corrected chi connectivity index (χ4v) is 3.55. The van der Waals surface area contributed by atoms with Crippen LogP contribution in [0.15, 0.2) is 39.6 Å². The molecular formula is C16H19N3O2S2. The van der Waals surface area contributed by atoms with Crippen LogP contribution in [0.2, 0.25) is 0 Å². The van der Waals surface area contributed by atoms with E-state index in [1.54, 1.807) is 23.5 Å². The second kappa shape index (κ2) is 7.72. The van der Waals surface area contributed by atoms with Gasteiger partial charge >= 0.3 is 0 Å². The minimum atomic E-state index is -0.292. The van der Waals surface area contributed by atoms with E-state index in [9.17, 15) is 4.79 Å². The van der Waals surface area contributed by atoms with Crippen molar-refractivity contribution in [2.24, 2.45) is 0 Å². The lowest BCUT2D eigenvalue weighted by molar-refractivity contribution is 0.0946. The van der Waals surface area contributed by atoms with Gasteiger partial charge in [-0.1, -0.05) is 0 Å². The molecule has 1 N–H and O–H groups in total. The van der Waals surface area contributed by atoms with Crippen molar-refractivity contribution < 1.29 is 9.21 Å². The maximum Gasteiger partial charge on any atom is 0.293 e. The molecule has 7 heteroatoms. The van der Waals surface area contributed by atoms with Crippen LogP contribution in [0.3, 0.4) is 0 Å². The van der Waals surface area contributed by atoms with Crippen LogP contribution in [0.4, 0.5) is 0 Å². The Kier molecular flexibility index (Phi) is 5.43. The van der Waals surface area contributed by atoms with Crippen LogP contribution < -0.4 is 5.32 Å². The van der Waals surface area contributed by atoms with E-state index < -0.39 is 0 Å². The first-order chi connectivity index (χ1) is 11.2. The molecule has 1 aliphatic heterocycles. The number of rotatable bonds is 3. The molecule has 0 atom stereocenters. The van der Waals surface area contributed by atoms with Crippen LogP contribution in [0, 0.1) is 0 Å². The third kappa shape index (κ3) is 4.40. The van der Waals surface area contributed by atoms with Crippen molar-refractivity contribution in [2.75, 3.05) is 26.2 Å². The van der Waals surface area contributed by atoms with Crippen LogP contribution in [-0.4, -0.2) is 47.0 Å². The van der Waals surface area contributed by atoms with Crippen LogP contribution >= 0.6 is 23.6 Å². The van der Waals surface area contributed by atoms with E-state index in [2.05, 4.69) is 31.9 Å². The molecule has 0 bridgehead atoms. The predicted molar refractivity (Wildman–Crippen MR) is 94.6 cm³/mol. The SMILES string of the molecule is O=C(NC(=S)N1CCCN(Cc2ccsc2)CC1)c1ccco1. The van der Waals surface area contributed by atoms with Gasteiger partial charge in [-0.3, -0.25) is 15.0 Å². The Balaban J connectivity index is 1.51. The van der Waals surface area contributed by atoms with Gasteiger partial charge in [0.15, 0.2) is 10.9 Å². The number of furan rings is 1. The minimum absolute atomic E-state index is 0.279. The van der Waals surface area contributed by atoms with Gasteiger partial charge in [-0.05, 0) is 53.2 Å². The number of carbonyl (C=O) groups is 1. The lowest BCUT2D eigenvalue weighted by Gasteiger charge is -2.23. The van der Waals surface area contributed by atoms with E-state index in [1.807, 2.05) is 0 Å². The lowest BCUT2D eigenvalue weighted by Crippen LogP contribution is -2.44. The molecule has 0 aliphatic carbocycles. The highest BCUT2D eigenvalue weighted by atomic mass is 32.1. The highest BCUT2D eigenvalue weighted by molar-refractivity contribution is 7.80. The molecule has 1 aliphatic rings. The van der Waals surface area contributed by atoms with Gasteiger partial charge in [0.05, 0.1) is 6.26 Å². The quantitative estimate of drug-likeness (QED) is 0.863. The zero-order chi connectivity index (χ0) is 16.1. The molecule has 2 aromatic heterocycles. The summed E-state index contributed by atoms with van der Waals surface area (Å²) < 4.78 is 5.09. The lowest BCUT2D eigenvalue weighted by atomic mass is 10.3. The van der Waals surface area contributed by atoms with E-state index in [1.165, 1.54) is 11.8 Å². The molecule has 23 heavy (non-hydrogen) atoms. The minimum Gasteiger partial charge on any atom is -0.459 e. The summed E-state index contributed by atoms with van der Waals surface area (Å²) in [6, 6.07) is 5.48. The molecule has 3 heterocycles. The Morgan fingerprint density at radius 3 is 2.96 bits per heavy atom. The third-order valence-electron chi connectivity index (χ3n) is 3.83. The summed E-state index contributed by atoms with van der Waals surface area (Å²) >= 11 is 7.10. The van der Waals surface area contributed by atoms with Gasteiger partial charge in [0.1, 0.15) is 0 Å². The van der Waals surface area contributed by atoms with E-state index in [-0.39, 0.29) is 11.7 Å². The molecule has 1 amide bonds. The number of carbonyl (C=O) groups excluding carboxylic acids is 1. The normalized spacial score (nSPS) is 16.1. The largest absolute Gasteiger partial charge is 0.459 e. The number of amides is 1. The summed E-state index contributed by atoms with van der Waals surface area (Å²) in [7, 11) is 0. The maximum absolute atomic E-state index is 12.0. The Morgan fingerprint density at radius 2 is 2.22 bits per heavy atom. The number of thiocarbonyl (C=S) groups is 1. The van der Waals surface area contributed by atoms with E-state index in [0.717, 1.165) is 39.1 Å². The number of hydrogen-bond acceptors (Lipinski definition) is 5. The molecule has 1 fully saturated rings. The van der Waals surface area contributed by atoms with Crippen molar-refractivity contribution in [1.29, 1.82) is 0 Å². The van der Waals surface area contributed by atoms with Crippen molar-refractivity contribution in [3.8, 4) is 0 Å². The zero-order valence-corrected chi connectivity index (χ0v) is 14.4. The van der Waals surface area contributed by atoms with E-state index in [4.69, 9.17) is 16.6 Å². The summed E-state index contributed by atoms with van der Waals surface area (Å²) in [5, 5.41) is 7.52. The fraction of sp³-hybridized carbons (Fsp3) is 0.375. The van der Waals surface area contributed by atoms with Crippen LogP contribution in [0.1, 0.15) is 22.5 Å². The van der Waals surface area contributed by atoms with Crippen LogP contribution in [0.5, 0.6) is 0 Å². The molecule has 2 aromatic rings. The first-order valence-electron chi connectivity index (χ1n) is 7.59. The van der Waals surface area contributed by atoms with Gasteiger partial charge in [0.25, 0.3) is 5.91 Å². The van der Waals surface area contributed by atoms with Crippen molar-refractivity contribution in [3.63, 3.8) is 0 Å². The second-order valence-corrected chi connectivity index (χ2v) is 6.65. The number of thiophene rings is 1. The highest BCUT2D eigenvalue weighted by Gasteiger charge is 2.19. The van der Waals surface area contributed by atoms with Crippen LogP contribution in [-0.2, 0) is 6.54 Å². The van der Waals surface area contributed by atoms with E-state index >= 15 is 0 Å². The average molecular weight is 349 g/mol. The molecule has 0 unspecified atom stereocenters. The van der Waals surface area contributed by atoms with Crippen molar-refractivity contribution in [3.05, 3.63) is 46.5 Å². The molecule has 122 valence electrons. The van der Waals surface area contributed by atoms with Crippen LogP contribution in [0.25, 0.3) is 0 Å². The number of nitrogens with zero attached hydrogens (tertiary/aromatic N) is 2. The molecular weight excluding hydrogens is 330 g/mol. The summed E-state index contributed by atoms with van der Waals surface area (Å²) in [6.45, 7) is 4.63. The zero-order valence-electron chi connectivity index (χ0n) is 12.7. The predicted octanol–water partition coefficient (Wildman–Crippen LogP) is 2.56. The number of hydrogen-bond donors (Lipinski definition) is 1. The second-order valence-electron chi connectivity index (χ2n) is 5.48. The highest BCUT2D eigenvalue weighted by Crippen LogP contribution is 2.12. The summed E-state index contributed by atoms with van der Waals surface area (Å²) in [5.74, 6) is -0.0133. The van der Waals surface area contributed by atoms with Gasteiger partial charge in [-0.25, -0.2) is 0 Å². The number of nitrogens with one attached hydrogen (secondary N) is 1. The average Bonchev–Trinajstić information content (AvgIpc) is 3.19. The summed E-state index contributed by atoms with van der Waals surface area (Å²) in [4.78, 5) is 16.5. The van der Waals surface area contributed by atoms with Gasteiger partial charge in [0, 0.05) is 32.7 Å². The smallest absolute Gasteiger partial charge is 0.293 e. The van der Waals surface area contributed by atoms with Crippen molar-refractivity contribution in [2.45, 2.75) is 13.0 Å². The summed E-state index contributed by atoms with van der Waals surface area (Å²) in [5.41, 5.74) is 1.36. The molecule has 0 aromatic carbocycles. The standard InChI is InChI=1S/C16H19N3O2S2/c20-15(14-3-1-9-21-14)17-16(22)19-6-2-5-18(7-8-19)11-13-4-10-23-12-13/h1,3-4,9-10,12H,2,5-8,11H2,(H,17,20,22). The first kappa shape index (κ1) is 16.2. The van der Waals surface area contributed by atoms with Gasteiger partial charge in [-0.15, -0.1) is 0 Å².